The first kappa shape index (κ1) is 30.5. The average molecular weight is 529 g/mol. The van der Waals surface area contributed by atoms with Crippen LogP contribution >= 0.6 is 0 Å². The first-order chi connectivity index (χ1) is 18.1. The predicted molar refractivity (Wildman–Crippen MR) is 142 cm³/mol. The number of carbonyl (C=O) groups is 5. The van der Waals surface area contributed by atoms with Crippen LogP contribution in [0.15, 0.2) is 42.0 Å². The van der Waals surface area contributed by atoms with Crippen molar-refractivity contribution in [3.63, 3.8) is 0 Å². The van der Waals surface area contributed by atoms with Gasteiger partial charge in [0.05, 0.1) is 19.2 Å². The number of rotatable bonds is 13. The first-order valence-corrected chi connectivity index (χ1v) is 13.0. The van der Waals surface area contributed by atoms with Gasteiger partial charge < -0.3 is 24.8 Å². The molecular weight excluding hydrogens is 488 g/mol. The van der Waals surface area contributed by atoms with E-state index >= 15 is 0 Å². The lowest BCUT2D eigenvalue weighted by atomic mass is 9.99. The monoisotopic (exact) mass is 528 g/mol. The van der Waals surface area contributed by atoms with E-state index in [-0.39, 0.29) is 55.9 Å². The standard InChI is InChI=1S/C28H40N4O6/c1-6-38-26(35)18-31(17-22-11-8-7-9-12-22)28(37)23-13-10-14-32(23)27(36)21(4)15-24(20(2)3)30(5)25(34)16-29-19-33/h7-9,11-12,15,19-20,23-24H,6,10,13-14,16-18H2,1-5H3,(H,29,33)/t23-,24+/m0/s1. The zero-order valence-corrected chi connectivity index (χ0v) is 23.0. The van der Waals surface area contributed by atoms with E-state index in [9.17, 15) is 24.0 Å². The summed E-state index contributed by atoms with van der Waals surface area (Å²) in [6, 6.07) is 8.29. The highest BCUT2D eigenvalue weighted by Crippen LogP contribution is 2.24. The number of likely N-dealkylation sites (N-methyl/N-ethyl adjacent to an activating group) is 1. The molecule has 0 saturated carbocycles. The lowest BCUT2D eigenvalue weighted by Gasteiger charge is -2.32. The Morgan fingerprint density at radius 2 is 1.87 bits per heavy atom. The SMILES string of the molecule is CCOC(=O)CN(Cc1ccccc1)C(=O)[C@@H]1CCCN1C(=O)C(C)=C[C@H](C(C)C)N(C)C(=O)CNC=O. The Morgan fingerprint density at radius 3 is 2.47 bits per heavy atom. The van der Waals surface area contributed by atoms with Crippen molar-refractivity contribution in [3.05, 3.63) is 47.5 Å². The van der Waals surface area contributed by atoms with Crippen molar-refractivity contribution in [3.8, 4) is 0 Å². The van der Waals surface area contributed by atoms with Crippen molar-refractivity contribution >= 4 is 30.1 Å². The second kappa shape index (κ2) is 14.9. The minimum atomic E-state index is -0.697. The van der Waals surface area contributed by atoms with E-state index in [1.807, 2.05) is 44.2 Å². The van der Waals surface area contributed by atoms with Crippen molar-refractivity contribution < 1.29 is 28.7 Å². The highest BCUT2D eigenvalue weighted by atomic mass is 16.5. The molecule has 10 nitrogen and oxygen atoms in total. The van der Waals surface area contributed by atoms with Gasteiger partial charge in [-0.1, -0.05) is 50.3 Å². The third kappa shape index (κ3) is 8.43. The molecule has 0 spiro atoms. The third-order valence-corrected chi connectivity index (χ3v) is 6.57. The Hall–Kier alpha value is -3.69. The van der Waals surface area contributed by atoms with Gasteiger partial charge in [0.25, 0.3) is 0 Å². The van der Waals surface area contributed by atoms with E-state index in [0.29, 0.717) is 31.4 Å². The van der Waals surface area contributed by atoms with E-state index in [1.54, 1.807) is 31.9 Å². The van der Waals surface area contributed by atoms with E-state index in [0.717, 1.165) is 5.56 Å². The molecule has 1 N–H and O–H groups in total. The number of hydrogen-bond acceptors (Lipinski definition) is 6. The van der Waals surface area contributed by atoms with Crippen molar-refractivity contribution in [1.29, 1.82) is 0 Å². The highest BCUT2D eigenvalue weighted by Gasteiger charge is 2.38. The molecule has 38 heavy (non-hydrogen) atoms. The van der Waals surface area contributed by atoms with Crippen LogP contribution in [-0.4, -0.2) is 90.2 Å². The Bertz CT molecular complexity index is 1010. The molecule has 0 bridgehead atoms. The van der Waals surface area contributed by atoms with Crippen LogP contribution in [0.4, 0.5) is 0 Å². The maximum Gasteiger partial charge on any atom is 0.325 e. The van der Waals surface area contributed by atoms with Gasteiger partial charge in [0.2, 0.25) is 24.1 Å². The van der Waals surface area contributed by atoms with E-state index in [4.69, 9.17) is 4.74 Å². The minimum Gasteiger partial charge on any atom is -0.465 e. The van der Waals surface area contributed by atoms with E-state index < -0.39 is 12.0 Å². The second-order valence-corrected chi connectivity index (χ2v) is 9.73. The fourth-order valence-corrected chi connectivity index (χ4v) is 4.58. The van der Waals surface area contributed by atoms with E-state index in [2.05, 4.69) is 5.32 Å². The summed E-state index contributed by atoms with van der Waals surface area (Å²) in [7, 11) is 1.63. The molecule has 1 fully saturated rings. The summed E-state index contributed by atoms with van der Waals surface area (Å²) < 4.78 is 5.09. The van der Waals surface area contributed by atoms with E-state index in [1.165, 1.54) is 9.80 Å². The molecule has 1 aromatic carbocycles. The largest absolute Gasteiger partial charge is 0.465 e. The van der Waals surface area contributed by atoms with Crippen molar-refractivity contribution in [2.45, 2.75) is 59.2 Å². The van der Waals surface area contributed by atoms with Crippen LogP contribution in [-0.2, 0) is 35.3 Å². The van der Waals surface area contributed by atoms with Crippen LogP contribution in [0, 0.1) is 5.92 Å². The van der Waals surface area contributed by atoms with Gasteiger partial charge in [0, 0.05) is 25.7 Å². The highest BCUT2D eigenvalue weighted by molar-refractivity contribution is 5.97. The first-order valence-electron chi connectivity index (χ1n) is 13.0. The minimum absolute atomic E-state index is 0.00452. The summed E-state index contributed by atoms with van der Waals surface area (Å²) in [5.41, 5.74) is 1.29. The van der Waals surface area contributed by atoms with Gasteiger partial charge in [-0.2, -0.15) is 0 Å². The topological polar surface area (TPSA) is 116 Å². The Kier molecular flexibility index (Phi) is 12.0. The average Bonchev–Trinajstić information content (AvgIpc) is 3.39. The fraction of sp³-hybridized carbons (Fsp3) is 0.536. The molecule has 0 unspecified atom stereocenters. The quantitative estimate of drug-likeness (QED) is 0.237. The maximum atomic E-state index is 13.7. The molecule has 0 aliphatic carbocycles. The fourth-order valence-electron chi connectivity index (χ4n) is 4.58. The summed E-state index contributed by atoms with van der Waals surface area (Å²) in [6.45, 7) is 7.79. The number of hydrogen-bond donors (Lipinski definition) is 1. The molecule has 2 rings (SSSR count). The third-order valence-electron chi connectivity index (χ3n) is 6.57. The molecule has 1 aromatic rings. The normalized spacial score (nSPS) is 16.1. The smallest absolute Gasteiger partial charge is 0.325 e. The van der Waals surface area contributed by atoms with Crippen LogP contribution in [0.1, 0.15) is 46.1 Å². The van der Waals surface area contributed by atoms with Crippen LogP contribution in [0.3, 0.4) is 0 Å². The molecular formula is C28H40N4O6. The zero-order valence-electron chi connectivity index (χ0n) is 23.0. The molecule has 1 saturated heterocycles. The number of amides is 4. The van der Waals surface area contributed by atoms with Crippen LogP contribution in [0.2, 0.25) is 0 Å². The van der Waals surface area contributed by atoms with Crippen LogP contribution < -0.4 is 5.32 Å². The summed E-state index contributed by atoms with van der Waals surface area (Å²) >= 11 is 0. The maximum absolute atomic E-state index is 13.7. The van der Waals surface area contributed by atoms with Gasteiger partial charge in [0.15, 0.2) is 0 Å². The summed E-state index contributed by atoms with van der Waals surface area (Å²) in [5.74, 6) is -1.36. The molecule has 208 valence electrons. The molecule has 10 heteroatoms. The lowest BCUT2D eigenvalue weighted by Crippen LogP contribution is -2.49. The number of carbonyl (C=O) groups excluding carboxylic acids is 5. The van der Waals surface area contributed by atoms with Gasteiger partial charge in [-0.25, -0.2) is 0 Å². The number of nitrogens with zero attached hydrogens (tertiary/aromatic N) is 3. The molecule has 2 atom stereocenters. The number of likely N-dealkylation sites (tertiary alicyclic amines) is 1. The number of esters is 1. The number of benzene rings is 1. The van der Waals surface area contributed by atoms with Gasteiger partial charge in [-0.05, 0) is 38.2 Å². The van der Waals surface area contributed by atoms with Crippen LogP contribution in [0.5, 0.6) is 0 Å². The number of ether oxygens (including phenoxy) is 1. The molecule has 0 radical (unpaired) electrons. The van der Waals surface area contributed by atoms with Crippen molar-refractivity contribution in [2.24, 2.45) is 5.92 Å². The summed E-state index contributed by atoms with van der Waals surface area (Å²) in [5, 5.41) is 2.37. The summed E-state index contributed by atoms with van der Waals surface area (Å²) in [4.78, 5) is 67.0. The molecule has 1 heterocycles. The Balaban J connectivity index is 2.24. The van der Waals surface area contributed by atoms with Crippen molar-refractivity contribution in [1.82, 2.24) is 20.0 Å². The molecule has 1 aliphatic heterocycles. The van der Waals surface area contributed by atoms with Gasteiger partial charge >= 0.3 is 5.97 Å². The number of nitrogens with one attached hydrogen (secondary N) is 1. The summed E-state index contributed by atoms with van der Waals surface area (Å²) in [6.07, 6.45) is 3.37. The van der Waals surface area contributed by atoms with Gasteiger partial charge in [0.1, 0.15) is 12.6 Å². The Labute approximate surface area is 225 Å². The van der Waals surface area contributed by atoms with Crippen LogP contribution in [0.25, 0.3) is 0 Å². The second-order valence-electron chi connectivity index (χ2n) is 9.73. The molecule has 0 aromatic heterocycles. The van der Waals surface area contributed by atoms with Crippen molar-refractivity contribution in [2.75, 3.05) is 33.3 Å². The Morgan fingerprint density at radius 1 is 1.18 bits per heavy atom. The predicted octanol–water partition coefficient (Wildman–Crippen LogP) is 1.74. The van der Waals surface area contributed by atoms with Gasteiger partial charge in [-0.3, -0.25) is 24.0 Å². The van der Waals surface area contributed by atoms with Gasteiger partial charge in [-0.15, -0.1) is 0 Å². The molecule has 4 amide bonds. The zero-order chi connectivity index (χ0) is 28.2. The molecule has 1 aliphatic rings. The lowest BCUT2D eigenvalue weighted by molar-refractivity contribution is -0.151.